The fraction of sp³-hybridized carbons (Fsp3) is 0.438. The van der Waals surface area contributed by atoms with E-state index in [1.165, 1.54) is 12.1 Å². The maximum absolute atomic E-state index is 13.1. The van der Waals surface area contributed by atoms with Crippen LogP contribution in [0.15, 0.2) is 36.7 Å². The molecule has 1 aliphatic rings. The van der Waals surface area contributed by atoms with E-state index in [2.05, 4.69) is 16.9 Å². The molecule has 0 unspecified atom stereocenters. The topological polar surface area (TPSA) is 41.3 Å². The van der Waals surface area contributed by atoms with Crippen molar-refractivity contribution in [1.29, 1.82) is 0 Å². The molecule has 1 N–H and O–H groups in total. The molecule has 2 aromatic rings. The Balaban J connectivity index is 1.77. The number of aryl methyl sites for hydroxylation is 1. The van der Waals surface area contributed by atoms with Gasteiger partial charge in [0.25, 0.3) is 0 Å². The first kappa shape index (κ1) is 14.2. The van der Waals surface area contributed by atoms with Crippen molar-refractivity contribution < 1.29 is 9.50 Å². The number of β-amino-alcohol motifs (C(OH)–C–C–N with tert-alkyl or cyclic N) is 1. The first-order valence-corrected chi connectivity index (χ1v) is 7.34. The van der Waals surface area contributed by atoms with E-state index in [9.17, 15) is 9.50 Å². The van der Waals surface area contributed by atoms with Gasteiger partial charge in [-0.15, -0.1) is 0 Å². The number of aliphatic hydroxyl groups excluding tert-OH is 1. The maximum Gasteiger partial charge on any atom is 0.123 e. The van der Waals surface area contributed by atoms with Crippen LogP contribution in [0.25, 0.3) is 0 Å². The zero-order valence-electron chi connectivity index (χ0n) is 12.1. The molecule has 1 fully saturated rings. The molecule has 0 amide bonds. The monoisotopic (exact) mass is 289 g/mol. The summed E-state index contributed by atoms with van der Waals surface area (Å²) in [5, 5.41) is 14.3. The van der Waals surface area contributed by atoms with E-state index < -0.39 is 0 Å². The largest absolute Gasteiger partial charge is 0.392 e. The summed E-state index contributed by atoms with van der Waals surface area (Å²) in [5.74, 6) is -0.229. The minimum Gasteiger partial charge on any atom is -0.392 e. The van der Waals surface area contributed by atoms with Gasteiger partial charge < -0.3 is 5.11 Å². The normalized spacial score (nSPS) is 22.8. The number of aliphatic hydroxyl groups is 1. The van der Waals surface area contributed by atoms with E-state index in [-0.39, 0.29) is 18.0 Å². The Kier molecular flexibility index (Phi) is 4.03. The highest BCUT2D eigenvalue weighted by atomic mass is 19.1. The van der Waals surface area contributed by atoms with E-state index in [4.69, 9.17) is 0 Å². The lowest BCUT2D eigenvalue weighted by molar-refractivity contribution is 0.172. The third kappa shape index (κ3) is 3.14. The summed E-state index contributed by atoms with van der Waals surface area (Å²) in [4.78, 5) is 2.23. The van der Waals surface area contributed by atoms with Crippen molar-refractivity contribution in [2.24, 2.45) is 0 Å². The molecule has 4 nitrogen and oxygen atoms in total. The van der Waals surface area contributed by atoms with Crippen LogP contribution in [0.5, 0.6) is 0 Å². The van der Waals surface area contributed by atoms with Crippen molar-refractivity contribution in [1.82, 2.24) is 14.7 Å². The van der Waals surface area contributed by atoms with Gasteiger partial charge in [-0.05, 0) is 31.0 Å². The van der Waals surface area contributed by atoms with Crippen molar-refractivity contribution in [2.75, 3.05) is 6.54 Å². The van der Waals surface area contributed by atoms with Crippen LogP contribution >= 0.6 is 0 Å². The highest BCUT2D eigenvalue weighted by Gasteiger charge is 2.32. The van der Waals surface area contributed by atoms with Crippen LogP contribution in [-0.2, 0) is 13.1 Å². The molecule has 1 saturated heterocycles. The van der Waals surface area contributed by atoms with Gasteiger partial charge in [-0.2, -0.15) is 5.10 Å². The molecule has 0 saturated carbocycles. The Morgan fingerprint density at radius 3 is 2.76 bits per heavy atom. The summed E-state index contributed by atoms with van der Waals surface area (Å²) in [6.07, 6.45) is 4.26. The standard InChI is InChI=1S/C16H20FN3O/c1-2-20-10-12(8-18-20)9-19-11-15(21)7-16(19)13-3-5-14(17)6-4-13/h3-6,8,10,15-16,21H,2,7,9,11H2,1H3/t15-,16+/m0/s1. The number of aromatic nitrogens is 2. The number of hydrogen-bond donors (Lipinski definition) is 1. The number of rotatable bonds is 4. The molecular weight excluding hydrogens is 269 g/mol. The summed E-state index contributed by atoms with van der Waals surface area (Å²) < 4.78 is 15.0. The van der Waals surface area contributed by atoms with Crippen molar-refractivity contribution in [2.45, 2.75) is 38.6 Å². The fourth-order valence-electron chi connectivity index (χ4n) is 2.98. The molecule has 21 heavy (non-hydrogen) atoms. The average Bonchev–Trinajstić information content (AvgIpc) is 3.07. The van der Waals surface area contributed by atoms with Crippen LogP contribution in [-0.4, -0.2) is 32.4 Å². The summed E-state index contributed by atoms with van der Waals surface area (Å²) >= 11 is 0. The van der Waals surface area contributed by atoms with Crippen LogP contribution < -0.4 is 0 Å². The number of halogens is 1. The Bertz CT molecular complexity index is 596. The first-order valence-electron chi connectivity index (χ1n) is 7.34. The van der Waals surface area contributed by atoms with Gasteiger partial charge in [0.2, 0.25) is 0 Å². The zero-order chi connectivity index (χ0) is 14.8. The smallest absolute Gasteiger partial charge is 0.123 e. The van der Waals surface area contributed by atoms with Crippen LogP contribution in [0.2, 0.25) is 0 Å². The fourth-order valence-corrected chi connectivity index (χ4v) is 2.98. The number of benzene rings is 1. The van der Waals surface area contributed by atoms with Crippen molar-refractivity contribution in [3.63, 3.8) is 0 Å². The molecule has 1 aliphatic heterocycles. The highest BCUT2D eigenvalue weighted by molar-refractivity contribution is 5.22. The zero-order valence-corrected chi connectivity index (χ0v) is 12.1. The van der Waals surface area contributed by atoms with Crippen LogP contribution in [0, 0.1) is 5.82 Å². The molecule has 0 spiro atoms. The lowest BCUT2D eigenvalue weighted by Crippen LogP contribution is -2.24. The number of nitrogens with zero attached hydrogens (tertiary/aromatic N) is 3. The molecule has 3 rings (SSSR count). The molecule has 0 aliphatic carbocycles. The van der Waals surface area contributed by atoms with Gasteiger partial charge in [-0.25, -0.2) is 4.39 Å². The molecule has 112 valence electrons. The summed E-state index contributed by atoms with van der Waals surface area (Å²) in [7, 11) is 0. The molecule has 2 atom stereocenters. The second-order valence-corrected chi connectivity index (χ2v) is 5.59. The molecule has 1 aromatic heterocycles. The van der Waals surface area contributed by atoms with E-state index in [1.807, 2.05) is 17.1 Å². The molecular formula is C16H20FN3O. The van der Waals surface area contributed by atoms with Gasteiger partial charge in [0.15, 0.2) is 0 Å². The van der Waals surface area contributed by atoms with Gasteiger partial charge in [0.1, 0.15) is 5.82 Å². The van der Waals surface area contributed by atoms with Gasteiger partial charge in [0.05, 0.1) is 12.3 Å². The highest BCUT2D eigenvalue weighted by Crippen LogP contribution is 2.33. The summed E-state index contributed by atoms with van der Waals surface area (Å²) in [5.41, 5.74) is 2.19. The lowest BCUT2D eigenvalue weighted by Gasteiger charge is -2.23. The molecule has 1 aromatic carbocycles. The van der Waals surface area contributed by atoms with Gasteiger partial charge in [-0.3, -0.25) is 9.58 Å². The summed E-state index contributed by atoms with van der Waals surface area (Å²) in [6.45, 7) is 4.29. The number of hydrogen-bond acceptors (Lipinski definition) is 3. The van der Waals surface area contributed by atoms with E-state index in [0.717, 1.165) is 24.2 Å². The van der Waals surface area contributed by atoms with Crippen LogP contribution in [0.1, 0.15) is 30.5 Å². The Morgan fingerprint density at radius 1 is 1.33 bits per heavy atom. The Labute approximate surface area is 123 Å². The maximum atomic E-state index is 13.1. The lowest BCUT2D eigenvalue weighted by atomic mass is 10.0. The second-order valence-electron chi connectivity index (χ2n) is 5.59. The first-order chi connectivity index (χ1) is 10.2. The third-order valence-electron chi connectivity index (χ3n) is 4.03. The molecule has 0 radical (unpaired) electrons. The van der Waals surface area contributed by atoms with Crippen molar-refractivity contribution in [3.05, 3.63) is 53.6 Å². The molecule has 5 heteroatoms. The number of likely N-dealkylation sites (tertiary alicyclic amines) is 1. The average molecular weight is 289 g/mol. The Hall–Kier alpha value is -1.72. The SMILES string of the molecule is CCn1cc(CN2C[C@@H](O)C[C@@H]2c2ccc(F)cc2)cn1. The van der Waals surface area contributed by atoms with E-state index >= 15 is 0 Å². The van der Waals surface area contributed by atoms with Crippen molar-refractivity contribution >= 4 is 0 Å². The summed E-state index contributed by atoms with van der Waals surface area (Å²) in [6, 6.07) is 6.70. The van der Waals surface area contributed by atoms with Crippen molar-refractivity contribution in [3.8, 4) is 0 Å². The van der Waals surface area contributed by atoms with E-state index in [0.29, 0.717) is 13.0 Å². The Morgan fingerprint density at radius 2 is 2.10 bits per heavy atom. The predicted molar refractivity (Wildman–Crippen MR) is 78.1 cm³/mol. The minimum atomic E-state index is -0.332. The third-order valence-corrected chi connectivity index (χ3v) is 4.03. The van der Waals surface area contributed by atoms with Gasteiger partial charge >= 0.3 is 0 Å². The van der Waals surface area contributed by atoms with Gasteiger partial charge in [-0.1, -0.05) is 12.1 Å². The van der Waals surface area contributed by atoms with Gasteiger partial charge in [0, 0.05) is 37.4 Å². The van der Waals surface area contributed by atoms with Crippen LogP contribution in [0.3, 0.4) is 0 Å². The molecule has 2 heterocycles. The predicted octanol–water partition coefficient (Wildman–Crippen LogP) is 2.35. The van der Waals surface area contributed by atoms with Crippen LogP contribution in [0.4, 0.5) is 4.39 Å². The molecule has 0 bridgehead atoms. The second kappa shape index (κ2) is 5.95. The minimum absolute atomic E-state index is 0.130. The quantitative estimate of drug-likeness (QED) is 0.939. The van der Waals surface area contributed by atoms with E-state index in [1.54, 1.807) is 12.1 Å².